The maximum atomic E-state index is 12.5. The van der Waals surface area contributed by atoms with E-state index >= 15 is 0 Å². The molecule has 1 saturated heterocycles. The lowest BCUT2D eigenvalue weighted by Crippen LogP contribution is -2.26. The third kappa shape index (κ3) is 5.97. The molecule has 2 aromatic rings. The molecule has 0 aromatic heterocycles. The number of nitrogens with one attached hydrogen (secondary N) is 1. The van der Waals surface area contributed by atoms with Gasteiger partial charge < -0.3 is 29.0 Å². The van der Waals surface area contributed by atoms with Crippen molar-refractivity contribution in [3.63, 3.8) is 0 Å². The smallest absolute Gasteiger partial charge is 0.412 e. The molecule has 1 fully saturated rings. The van der Waals surface area contributed by atoms with Crippen LogP contribution in [0.5, 0.6) is 23.0 Å². The minimum Gasteiger partial charge on any atom is -0.493 e. The number of carbonyl (C=O) groups is 2. The maximum Gasteiger partial charge on any atom is 0.412 e. The van der Waals surface area contributed by atoms with Gasteiger partial charge in [-0.2, -0.15) is 0 Å². The minimum atomic E-state index is -0.602. The fourth-order valence-corrected chi connectivity index (χ4v) is 3.84. The van der Waals surface area contributed by atoms with Crippen LogP contribution in [0.3, 0.4) is 0 Å². The Balaban J connectivity index is 1.72. The Labute approximate surface area is 193 Å². The summed E-state index contributed by atoms with van der Waals surface area (Å²) in [5, 5.41) is 2.54. The predicted octanol–water partition coefficient (Wildman–Crippen LogP) is 3.56. The summed E-state index contributed by atoms with van der Waals surface area (Å²) in [5.74, 6) is 1.50. The molecule has 33 heavy (non-hydrogen) atoms. The topological polar surface area (TPSA) is 92.3 Å². The van der Waals surface area contributed by atoms with Gasteiger partial charge in [0.25, 0.3) is 0 Å². The zero-order valence-corrected chi connectivity index (χ0v) is 19.1. The molecule has 0 bridgehead atoms. The molecule has 1 N–H and O–H groups in total. The summed E-state index contributed by atoms with van der Waals surface area (Å²) in [6.45, 7) is 4.20. The summed E-state index contributed by atoms with van der Waals surface area (Å²) in [6, 6.07) is 11.0. The molecule has 3 rings (SSSR count). The highest BCUT2D eigenvalue weighted by Crippen LogP contribution is 2.35. The van der Waals surface area contributed by atoms with E-state index in [0.717, 1.165) is 11.1 Å². The molecule has 2 atom stereocenters. The Hall–Kier alpha value is -3.68. The van der Waals surface area contributed by atoms with E-state index in [1.807, 2.05) is 24.3 Å². The number of cyclic esters (lactones) is 1. The highest BCUT2D eigenvalue weighted by atomic mass is 16.6. The van der Waals surface area contributed by atoms with Crippen molar-refractivity contribution in [1.29, 1.82) is 0 Å². The predicted molar refractivity (Wildman–Crippen MR) is 122 cm³/mol. The molecule has 0 unspecified atom stereocenters. The van der Waals surface area contributed by atoms with Gasteiger partial charge in [0, 0.05) is 12.5 Å². The van der Waals surface area contributed by atoms with E-state index in [4.69, 9.17) is 23.7 Å². The van der Waals surface area contributed by atoms with Crippen LogP contribution in [-0.2, 0) is 22.4 Å². The highest BCUT2D eigenvalue weighted by molar-refractivity contribution is 5.75. The molecule has 8 nitrogen and oxygen atoms in total. The van der Waals surface area contributed by atoms with E-state index in [9.17, 15) is 9.59 Å². The average Bonchev–Trinajstić information content (AvgIpc) is 3.17. The van der Waals surface area contributed by atoms with E-state index in [1.165, 1.54) is 7.11 Å². The van der Waals surface area contributed by atoms with Crippen LogP contribution < -0.4 is 24.3 Å². The van der Waals surface area contributed by atoms with E-state index in [0.29, 0.717) is 49.0 Å². The lowest BCUT2D eigenvalue weighted by Gasteiger charge is -2.17. The summed E-state index contributed by atoms with van der Waals surface area (Å²) in [5.41, 5.74) is 1.92. The second kappa shape index (κ2) is 11.3. The minimum absolute atomic E-state index is 0.0159. The number of amides is 1. The Morgan fingerprint density at radius 2 is 1.61 bits per heavy atom. The summed E-state index contributed by atoms with van der Waals surface area (Å²) in [6.07, 6.45) is 2.10. The van der Waals surface area contributed by atoms with Gasteiger partial charge in [-0.05, 0) is 48.2 Å². The number of carbonyl (C=O) groups excluding carboxylic acids is 2. The fraction of sp³-hybridized carbons (Fsp3) is 0.360. The third-order valence-electron chi connectivity index (χ3n) is 5.53. The molecule has 0 saturated carbocycles. The monoisotopic (exact) mass is 455 g/mol. The summed E-state index contributed by atoms with van der Waals surface area (Å²) in [7, 11) is 4.68. The van der Waals surface area contributed by atoms with Crippen LogP contribution in [-0.4, -0.2) is 46.5 Å². The molecule has 1 heterocycles. The van der Waals surface area contributed by atoms with Gasteiger partial charge in [-0.25, -0.2) is 4.79 Å². The van der Waals surface area contributed by atoms with Gasteiger partial charge in [0.15, 0.2) is 23.0 Å². The number of methoxy groups -OCH3 is 3. The van der Waals surface area contributed by atoms with Crippen molar-refractivity contribution in [2.24, 2.45) is 11.8 Å². The van der Waals surface area contributed by atoms with Crippen molar-refractivity contribution in [3.8, 4) is 23.0 Å². The first-order valence-electron chi connectivity index (χ1n) is 10.6. The molecule has 1 amide bonds. The molecule has 1 aliphatic rings. The molecule has 2 aromatic carbocycles. The first-order valence-corrected chi connectivity index (χ1v) is 10.6. The van der Waals surface area contributed by atoms with Gasteiger partial charge in [0.05, 0.1) is 33.9 Å². The van der Waals surface area contributed by atoms with Crippen LogP contribution in [0.4, 0.5) is 4.79 Å². The number of ether oxygens (including phenoxy) is 5. The van der Waals surface area contributed by atoms with E-state index < -0.39 is 6.09 Å². The summed E-state index contributed by atoms with van der Waals surface area (Å²) in [4.78, 5) is 24.3. The van der Waals surface area contributed by atoms with E-state index in [2.05, 4.69) is 11.9 Å². The molecule has 0 spiro atoms. The summed E-state index contributed by atoms with van der Waals surface area (Å²) < 4.78 is 26.7. The molecule has 1 aliphatic heterocycles. The van der Waals surface area contributed by atoms with Crippen molar-refractivity contribution >= 4 is 12.1 Å². The first kappa shape index (κ1) is 24.0. The van der Waals surface area contributed by atoms with Gasteiger partial charge in [0.1, 0.15) is 0 Å². The van der Waals surface area contributed by atoms with Gasteiger partial charge in [0.2, 0.25) is 0 Å². The second-order valence-corrected chi connectivity index (χ2v) is 7.64. The van der Waals surface area contributed by atoms with Gasteiger partial charge in [-0.1, -0.05) is 18.2 Å². The molecule has 0 radical (unpaired) electrons. The number of hydrogen-bond acceptors (Lipinski definition) is 7. The standard InChI is InChI=1S/C25H29NO7/c1-5-10-26-25(28)33-21-9-7-17(14-23(21)31-4)12-19-18(15-32-24(19)27)11-16-6-8-20(29-2)22(13-16)30-3/h5-9,13-14,18-19H,1,10-12,15H2,2-4H3,(H,26,28)/t18-,19+/m0/s1. The maximum absolute atomic E-state index is 12.5. The van der Waals surface area contributed by atoms with Crippen molar-refractivity contribution < 1.29 is 33.3 Å². The summed E-state index contributed by atoms with van der Waals surface area (Å²) >= 11 is 0. The van der Waals surface area contributed by atoms with Gasteiger partial charge in [-0.15, -0.1) is 6.58 Å². The van der Waals surface area contributed by atoms with Crippen LogP contribution in [0.15, 0.2) is 49.1 Å². The van der Waals surface area contributed by atoms with Crippen molar-refractivity contribution in [3.05, 3.63) is 60.2 Å². The van der Waals surface area contributed by atoms with Crippen molar-refractivity contribution in [2.45, 2.75) is 12.8 Å². The Bertz CT molecular complexity index is 1000. The average molecular weight is 456 g/mol. The highest BCUT2D eigenvalue weighted by Gasteiger charge is 2.37. The lowest BCUT2D eigenvalue weighted by atomic mass is 9.85. The number of rotatable bonds is 10. The molecule has 0 aliphatic carbocycles. The molecule has 176 valence electrons. The molecule has 8 heteroatoms. The molecular weight excluding hydrogens is 426 g/mol. The zero-order valence-electron chi connectivity index (χ0n) is 19.1. The van der Waals surface area contributed by atoms with Crippen molar-refractivity contribution in [1.82, 2.24) is 5.32 Å². The van der Waals surface area contributed by atoms with Crippen LogP contribution in [0, 0.1) is 11.8 Å². The number of hydrogen-bond donors (Lipinski definition) is 1. The quantitative estimate of drug-likeness (QED) is 0.433. The third-order valence-corrected chi connectivity index (χ3v) is 5.53. The van der Waals surface area contributed by atoms with Gasteiger partial charge in [-0.3, -0.25) is 4.79 Å². The Morgan fingerprint density at radius 1 is 1.00 bits per heavy atom. The SMILES string of the molecule is C=CCNC(=O)Oc1ccc(C[C@H]2C(=O)OC[C@@H]2Cc2ccc(OC)c(OC)c2)cc1OC. The zero-order chi connectivity index (χ0) is 23.8. The fourth-order valence-electron chi connectivity index (χ4n) is 3.84. The largest absolute Gasteiger partial charge is 0.493 e. The molecular formula is C25H29NO7. The van der Waals surface area contributed by atoms with Gasteiger partial charge >= 0.3 is 12.1 Å². The lowest BCUT2D eigenvalue weighted by molar-refractivity contribution is -0.141. The Morgan fingerprint density at radius 3 is 2.24 bits per heavy atom. The normalized spacial score (nSPS) is 17.1. The Kier molecular flexibility index (Phi) is 8.18. The number of benzene rings is 2. The van der Waals surface area contributed by atoms with Crippen LogP contribution in [0.2, 0.25) is 0 Å². The second-order valence-electron chi connectivity index (χ2n) is 7.64. The number of esters is 1. The van der Waals surface area contributed by atoms with E-state index in [-0.39, 0.29) is 17.8 Å². The van der Waals surface area contributed by atoms with Crippen molar-refractivity contribution in [2.75, 3.05) is 34.5 Å². The first-order chi connectivity index (χ1) is 16.0. The van der Waals surface area contributed by atoms with Crippen LogP contribution in [0.1, 0.15) is 11.1 Å². The van der Waals surface area contributed by atoms with Crippen LogP contribution >= 0.6 is 0 Å². The van der Waals surface area contributed by atoms with E-state index in [1.54, 1.807) is 32.4 Å². The van der Waals surface area contributed by atoms with Crippen LogP contribution in [0.25, 0.3) is 0 Å².